The monoisotopic (exact) mass is 584 g/mol. The van der Waals surface area contributed by atoms with E-state index in [1.54, 1.807) is 31.2 Å². The maximum atomic E-state index is 13.2. The van der Waals surface area contributed by atoms with Crippen molar-refractivity contribution in [2.45, 2.75) is 87.4 Å². The van der Waals surface area contributed by atoms with Crippen molar-refractivity contribution in [2.24, 2.45) is 11.5 Å². The van der Waals surface area contributed by atoms with Crippen LogP contribution in [0.4, 0.5) is 10.2 Å². The molecule has 1 aromatic carbocycles. The first-order chi connectivity index (χ1) is 20.0. The van der Waals surface area contributed by atoms with Crippen molar-refractivity contribution in [2.75, 3.05) is 11.9 Å². The largest absolute Gasteiger partial charge is 0.457 e. The SMILES string of the molecule is C[C@@]1(c2ccc3c(NC(=O)[C@@H](N)Cc4ccc(F)cc4)ncnn23)O[C@H](CO)[C@@H](OC(=O)CC2(N)CCCCC2)[C@H]1O. The van der Waals surface area contributed by atoms with Crippen LogP contribution in [0.3, 0.4) is 0 Å². The highest BCUT2D eigenvalue weighted by Crippen LogP contribution is 2.42. The van der Waals surface area contributed by atoms with Crippen molar-refractivity contribution in [3.63, 3.8) is 0 Å². The van der Waals surface area contributed by atoms with Gasteiger partial charge in [0.15, 0.2) is 11.9 Å². The molecule has 3 aromatic rings. The summed E-state index contributed by atoms with van der Waals surface area (Å²) in [6.45, 7) is 1.12. The van der Waals surface area contributed by atoms with Gasteiger partial charge in [-0.1, -0.05) is 31.4 Å². The molecule has 12 nitrogen and oxygen atoms in total. The van der Waals surface area contributed by atoms with Crippen molar-refractivity contribution in [3.05, 3.63) is 59.8 Å². The van der Waals surface area contributed by atoms with Crippen LogP contribution in [0.5, 0.6) is 0 Å². The number of rotatable bonds is 9. The van der Waals surface area contributed by atoms with Gasteiger partial charge in [0.1, 0.15) is 35.5 Å². The number of hydrogen-bond donors (Lipinski definition) is 5. The van der Waals surface area contributed by atoms with Crippen LogP contribution >= 0.6 is 0 Å². The highest BCUT2D eigenvalue weighted by atomic mass is 19.1. The molecule has 2 fully saturated rings. The first-order valence-electron chi connectivity index (χ1n) is 14.1. The lowest BCUT2D eigenvalue weighted by Crippen LogP contribution is -2.46. The third-order valence-corrected chi connectivity index (χ3v) is 8.34. The molecule has 0 bridgehead atoms. The summed E-state index contributed by atoms with van der Waals surface area (Å²) in [5.74, 6) is -1.27. The molecule has 1 saturated heterocycles. The van der Waals surface area contributed by atoms with E-state index in [1.807, 2.05) is 0 Å². The Morgan fingerprint density at radius 2 is 1.93 bits per heavy atom. The van der Waals surface area contributed by atoms with Crippen molar-refractivity contribution in [1.29, 1.82) is 0 Å². The summed E-state index contributed by atoms with van der Waals surface area (Å²) in [5.41, 5.74) is 11.9. The normalized spacial score (nSPS) is 26.2. The Labute approximate surface area is 242 Å². The molecule has 0 unspecified atom stereocenters. The lowest BCUT2D eigenvalue weighted by Gasteiger charge is -2.33. The number of anilines is 1. The molecule has 5 rings (SSSR count). The summed E-state index contributed by atoms with van der Waals surface area (Å²) in [5, 5.41) is 28.4. The number of carbonyl (C=O) groups is 2. The number of nitrogens with zero attached hydrogens (tertiary/aromatic N) is 3. The number of amides is 1. The predicted octanol–water partition coefficient (Wildman–Crippen LogP) is 1.31. The average Bonchev–Trinajstić information content (AvgIpc) is 3.51. The van der Waals surface area contributed by atoms with Gasteiger partial charge in [-0.2, -0.15) is 5.10 Å². The number of nitrogens with two attached hydrogens (primary N) is 2. The van der Waals surface area contributed by atoms with Crippen LogP contribution in [0.15, 0.2) is 42.7 Å². The van der Waals surface area contributed by atoms with Crippen molar-refractivity contribution < 1.29 is 33.7 Å². The second-order valence-corrected chi connectivity index (χ2v) is 11.5. The zero-order valence-corrected chi connectivity index (χ0v) is 23.4. The van der Waals surface area contributed by atoms with Gasteiger partial charge >= 0.3 is 5.97 Å². The molecule has 226 valence electrons. The van der Waals surface area contributed by atoms with Crippen LogP contribution in [-0.4, -0.2) is 73.2 Å². The molecule has 0 spiro atoms. The number of benzene rings is 1. The second-order valence-electron chi connectivity index (χ2n) is 11.5. The van der Waals surface area contributed by atoms with Crippen molar-refractivity contribution >= 4 is 23.2 Å². The van der Waals surface area contributed by atoms with Gasteiger partial charge in [0, 0.05) is 5.54 Å². The Morgan fingerprint density at radius 1 is 1.21 bits per heavy atom. The molecule has 2 aromatic heterocycles. The third kappa shape index (κ3) is 6.01. The molecule has 1 aliphatic carbocycles. The third-order valence-electron chi connectivity index (χ3n) is 8.34. The molecule has 13 heteroatoms. The maximum Gasteiger partial charge on any atom is 0.308 e. The quantitative estimate of drug-likeness (QED) is 0.230. The summed E-state index contributed by atoms with van der Waals surface area (Å²) < 4.78 is 26.4. The van der Waals surface area contributed by atoms with Gasteiger partial charge in [-0.3, -0.25) is 9.59 Å². The molecule has 7 N–H and O–H groups in total. The topological polar surface area (TPSA) is 187 Å². The molecule has 2 aliphatic rings. The fourth-order valence-corrected chi connectivity index (χ4v) is 5.96. The first kappa shape index (κ1) is 30.0. The van der Waals surface area contributed by atoms with Gasteiger partial charge in [0.05, 0.1) is 24.8 Å². The Balaban J connectivity index is 1.32. The van der Waals surface area contributed by atoms with Gasteiger partial charge in [0.2, 0.25) is 5.91 Å². The van der Waals surface area contributed by atoms with Gasteiger partial charge in [-0.05, 0) is 56.0 Å². The van der Waals surface area contributed by atoms with E-state index in [9.17, 15) is 24.2 Å². The summed E-state index contributed by atoms with van der Waals surface area (Å²) in [7, 11) is 0. The minimum absolute atomic E-state index is 0.0126. The summed E-state index contributed by atoms with van der Waals surface area (Å²) in [6, 6.07) is 8.09. The van der Waals surface area contributed by atoms with Gasteiger partial charge in [-0.25, -0.2) is 13.9 Å². The molecule has 1 amide bonds. The first-order valence-corrected chi connectivity index (χ1v) is 14.1. The van der Waals surface area contributed by atoms with Crippen LogP contribution in [0, 0.1) is 5.82 Å². The number of aliphatic hydroxyl groups excluding tert-OH is 2. The molecule has 42 heavy (non-hydrogen) atoms. The molecule has 1 saturated carbocycles. The van der Waals surface area contributed by atoms with E-state index in [0.29, 0.717) is 16.8 Å². The molecule has 0 radical (unpaired) electrons. The van der Waals surface area contributed by atoms with Gasteiger partial charge in [0.25, 0.3) is 0 Å². The zero-order chi connectivity index (χ0) is 30.1. The Morgan fingerprint density at radius 3 is 2.62 bits per heavy atom. The van der Waals surface area contributed by atoms with Crippen LogP contribution in [0.25, 0.3) is 5.52 Å². The minimum atomic E-state index is -1.44. The van der Waals surface area contributed by atoms with Crippen molar-refractivity contribution in [3.8, 4) is 0 Å². The van der Waals surface area contributed by atoms with E-state index in [1.165, 1.54) is 23.0 Å². The lowest BCUT2D eigenvalue weighted by atomic mass is 9.80. The van der Waals surface area contributed by atoms with Crippen LogP contribution in [0.2, 0.25) is 0 Å². The number of hydrogen-bond acceptors (Lipinski definition) is 10. The Kier molecular flexibility index (Phi) is 8.58. The molecule has 3 heterocycles. The van der Waals surface area contributed by atoms with E-state index in [2.05, 4.69) is 15.4 Å². The summed E-state index contributed by atoms with van der Waals surface area (Å²) in [4.78, 5) is 29.9. The number of esters is 1. The molecular formula is C29H37FN6O6. The van der Waals surface area contributed by atoms with Gasteiger partial charge < -0.3 is 36.5 Å². The number of aliphatic hydroxyl groups is 2. The van der Waals surface area contributed by atoms with E-state index in [-0.39, 0.29) is 24.5 Å². The fraction of sp³-hybridized carbons (Fsp3) is 0.517. The van der Waals surface area contributed by atoms with Gasteiger partial charge in [-0.15, -0.1) is 0 Å². The number of nitrogens with one attached hydrogen (secondary N) is 1. The molecular weight excluding hydrogens is 547 g/mol. The number of carbonyl (C=O) groups excluding carboxylic acids is 2. The Hall–Kier alpha value is -3.49. The predicted molar refractivity (Wildman–Crippen MR) is 150 cm³/mol. The number of ether oxygens (including phenoxy) is 2. The van der Waals surface area contributed by atoms with Crippen molar-refractivity contribution in [1.82, 2.24) is 14.6 Å². The zero-order valence-electron chi connectivity index (χ0n) is 23.4. The molecule has 1 aliphatic heterocycles. The number of aromatic nitrogens is 3. The van der Waals surface area contributed by atoms with Crippen LogP contribution in [0.1, 0.15) is 56.7 Å². The number of halogens is 1. The Bertz CT molecular complexity index is 1430. The standard InChI is InChI=1S/C29H37FN6O6/c1-28(25(39)24(21(15-37)42-28)41-23(38)14-29(32)11-3-2-4-12-29)22-10-9-20-26(33-16-34-36(20)22)35-27(40)19(31)13-17-5-7-18(30)8-6-17/h5-10,16,19,21,24-25,37,39H,2-4,11-15,31-32H2,1H3,(H,33,34,35,40)/t19-,21+,24+,25+,28-/m0/s1. The average molecular weight is 585 g/mol. The van der Waals surface area contributed by atoms with E-state index >= 15 is 0 Å². The summed E-state index contributed by atoms with van der Waals surface area (Å²) in [6.07, 6.45) is 2.35. The molecule has 5 atom stereocenters. The van der Waals surface area contributed by atoms with E-state index in [4.69, 9.17) is 20.9 Å². The lowest BCUT2D eigenvalue weighted by molar-refractivity contribution is -0.158. The summed E-state index contributed by atoms with van der Waals surface area (Å²) >= 11 is 0. The fourth-order valence-electron chi connectivity index (χ4n) is 5.96. The van der Waals surface area contributed by atoms with E-state index in [0.717, 1.165) is 32.1 Å². The van der Waals surface area contributed by atoms with Crippen LogP contribution < -0.4 is 16.8 Å². The highest BCUT2D eigenvalue weighted by Gasteiger charge is 2.56. The highest BCUT2D eigenvalue weighted by molar-refractivity contribution is 5.97. The van der Waals surface area contributed by atoms with Crippen LogP contribution in [-0.2, 0) is 31.1 Å². The number of fused-ring (bicyclic) bond motifs is 1. The maximum absolute atomic E-state index is 13.2. The second kappa shape index (κ2) is 12.0. The minimum Gasteiger partial charge on any atom is -0.457 e. The smallest absolute Gasteiger partial charge is 0.308 e. The van der Waals surface area contributed by atoms with E-state index < -0.39 is 54.0 Å².